The maximum Gasteiger partial charge on any atom is 0.232 e. The Balaban J connectivity index is 1.71. The zero-order valence-electron chi connectivity index (χ0n) is 18.7. The van der Waals surface area contributed by atoms with Crippen molar-refractivity contribution >= 4 is 11.6 Å². The van der Waals surface area contributed by atoms with Crippen molar-refractivity contribution in [1.82, 2.24) is 0 Å². The number of nitrogens with zero attached hydrogens (tertiary/aromatic N) is 1. The Labute approximate surface area is 176 Å². The largest absolute Gasteiger partial charge is 0.315 e. The fourth-order valence-electron chi connectivity index (χ4n) is 6.28. The van der Waals surface area contributed by atoms with Crippen LogP contribution in [0.1, 0.15) is 76.0 Å². The van der Waals surface area contributed by atoms with Gasteiger partial charge in [-0.3, -0.25) is 4.79 Å². The minimum atomic E-state index is -0.313. The number of fused-ring (bicyclic) bond motifs is 3. The molecule has 4 rings (SSSR count). The van der Waals surface area contributed by atoms with Crippen LogP contribution in [-0.4, -0.2) is 13.0 Å². The van der Waals surface area contributed by atoms with Gasteiger partial charge in [0.25, 0.3) is 0 Å². The van der Waals surface area contributed by atoms with Gasteiger partial charge in [0.05, 0.1) is 5.41 Å². The van der Waals surface area contributed by atoms with Gasteiger partial charge in [0.15, 0.2) is 0 Å². The van der Waals surface area contributed by atoms with E-state index >= 15 is 0 Å². The van der Waals surface area contributed by atoms with Gasteiger partial charge in [-0.15, -0.1) is 0 Å². The van der Waals surface area contributed by atoms with E-state index in [0.29, 0.717) is 11.8 Å². The van der Waals surface area contributed by atoms with Gasteiger partial charge in [-0.1, -0.05) is 70.5 Å². The summed E-state index contributed by atoms with van der Waals surface area (Å²) in [7, 11) is 1.94. The molecule has 0 N–H and O–H groups in total. The first-order chi connectivity index (χ1) is 13.8. The van der Waals surface area contributed by atoms with Crippen molar-refractivity contribution in [3.63, 3.8) is 0 Å². The van der Waals surface area contributed by atoms with E-state index in [-0.39, 0.29) is 16.7 Å². The lowest BCUT2D eigenvalue weighted by Gasteiger charge is -2.55. The Kier molecular flexibility index (Phi) is 5.09. The molecule has 0 unspecified atom stereocenters. The monoisotopic (exact) mass is 389 g/mol. The van der Waals surface area contributed by atoms with Crippen molar-refractivity contribution in [3.8, 4) is 0 Å². The van der Waals surface area contributed by atoms with Crippen LogP contribution in [0.2, 0.25) is 0 Å². The SMILES string of the molecule is CC(C)c1ccc2c(c1)CC[C@H]1[C@@]2(C)CCC[C@]1(C)C(=O)N(C)c1ccccc1. The van der Waals surface area contributed by atoms with Gasteiger partial charge in [0, 0.05) is 12.7 Å². The molecule has 0 spiro atoms. The molecule has 1 fully saturated rings. The van der Waals surface area contributed by atoms with Gasteiger partial charge < -0.3 is 4.90 Å². The number of anilines is 1. The predicted octanol–water partition coefficient (Wildman–Crippen LogP) is 6.48. The first-order valence-corrected chi connectivity index (χ1v) is 11.2. The maximum atomic E-state index is 13.8. The van der Waals surface area contributed by atoms with Crippen molar-refractivity contribution < 1.29 is 4.79 Å². The number of para-hydroxylation sites is 1. The third-order valence-corrected chi connectivity index (χ3v) is 7.98. The van der Waals surface area contributed by atoms with E-state index in [4.69, 9.17) is 0 Å². The average Bonchev–Trinajstić information content (AvgIpc) is 2.72. The van der Waals surface area contributed by atoms with E-state index < -0.39 is 0 Å². The van der Waals surface area contributed by atoms with E-state index in [2.05, 4.69) is 45.9 Å². The summed E-state index contributed by atoms with van der Waals surface area (Å²) >= 11 is 0. The Bertz CT molecular complexity index is 902. The van der Waals surface area contributed by atoms with Crippen LogP contribution in [0, 0.1) is 11.3 Å². The Hall–Kier alpha value is -2.09. The van der Waals surface area contributed by atoms with Crippen molar-refractivity contribution in [3.05, 3.63) is 65.2 Å². The van der Waals surface area contributed by atoms with Gasteiger partial charge in [-0.2, -0.15) is 0 Å². The number of carbonyl (C=O) groups is 1. The smallest absolute Gasteiger partial charge is 0.232 e. The van der Waals surface area contributed by atoms with Crippen LogP contribution in [-0.2, 0) is 16.6 Å². The number of carbonyl (C=O) groups excluding carboxylic acids is 1. The molecule has 0 aliphatic heterocycles. The lowest BCUT2D eigenvalue weighted by molar-refractivity contribution is -0.135. The second-order valence-electron chi connectivity index (χ2n) is 10.1. The Morgan fingerprint density at radius 1 is 1.07 bits per heavy atom. The Morgan fingerprint density at radius 3 is 2.48 bits per heavy atom. The van der Waals surface area contributed by atoms with Gasteiger partial charge in [0.1, 0.15) is 0 Å². The summed E-state index contributed by atoms with van der Waals surface area (Å²) < 4.78 is 0. The lowest BCUT2D eigenvalue weighted by Crippen LogP contribution is -2.55. The van der Waals surface area contributed by atoms with Crippen LogP contribution >= 0.6 is 0 Å². The van der Waals surface area contributed by atoms with Crippen molar-refractivity contribution in [2.24, 2.45) is 11.3 Å². The third-order valence-electron chi connectivity index (χ3n) is 7.98. The minimum Gasteiger partial charge on any atom is -0.315 e. The maximum absolute atomic E-state index is 13.8. The number of amides is 1. The molecule has 3 atom stereocenters. The first-order valence-electron chi connectivity index (χ1n) is 11.2. The summed E-state index contributed by atoms with van der Waals surface area (Å²) in [6, 6.07) is 17.2. The molecule has 0 heterocycles. The van der Waals surface area contributed by atoms with Crippen molar-refractivity contribution in [1.29, 1.82) is 0 Å². The van der Waals surface area contributed by atoms with E-state index in [1.807, 2.05) is 42.3 Å². The highest BCUT2D eigenvalue weighted by Crippen LogP contribution is 2.58. The summed E-state index contributed by atoms with van der Waals surface area (Å²) in [6.07, 6.45) is 5.49. The molecule has 0 bridgehead atoms. The molecule has 1 amide bonds. The molecule has 2 heteroatoms. The van der Waals surface area contributed by atoms with E-state index in [1.165, 1.54) is 23.1 Å². The van der Waals surface area contributed by atoms with Gasteiger partial charge >= 0.3 is 0 Å². The van der Waals surface area contributed by atoms with Crippen LogP contribution in [0.15, 0.2) is 48.5 Å². The van der Waals surface area contributed by atoms with Crippen LogP contribution in [0.25, 0.3) is 0 Å². The van der Waals surface area contributed by atoms with Gasteiger partial charge in [0.2, 0.25) is 5.91 Å². The standard InChI is InChI=1S/C27H35NO/c1-19(2)20-12-14-23-21(18-20)13-15-24-26(23,3)16-9-17-27(24,4)25(29)28(5)22-10-7-6-8-11-22/h6-8,10-12,14,18-19,24H,9,13,15-17H2,1-5H3/t24-,26-,27-/m0/s1. The zero-order chi connectivity index (χ0) is 20.8. The summed E-state index contributed by atoms with van der Waals surface area (Å²) in [5.41, 5.74) is 5.21. The van der Waals surface area contributed by atoms with Crippen molar-refractivity contribution in [2.75, 3.05) is 11.9 Å². The highest BCUT2D eigenvalue weighted by atomic mass is 16.2. The van der Waals surface area contributed by atoms with Gasteiger partial charge in [-0.05, 0) is 71.8 Å². The molecule has 1 saturated carbocycles. The quantitative estimate of drug-likeness (QED) is 0.588. The number of aryl methyl sites for hydroxylation is 1. The second kappa shape index (κ2) is 7.31. The highest BCUT2D eigenvalue weighted by Gasteiger charge is 2.55. The van der Waals surface area contributed by atoms with Crippen molar-refractivity contribution in [2.45, 2.75) is 71.1 Å². The highest BCUT2D eigenvalue weighted by molar-refractivity contribution is 5.97. The molecule has 0 saturated heterocycles. The number of hydrogen-bond donors (Lipinski definition) is 0. The minimum absolute atomic E-state index is 0.0866. The van der Waals surface area contributed by atoms with Crippen LogP contribution < -0.4 is 4.90 Å². The molecule has 0 radical (unpaired) electrons. The summed E-state index contributed by atoms with van der Waals surface area (Å²) in [4.78, 5) is 15.7. The average molecular weight is 390 g/mol. The molecule has 2 aliphatic carbocycles. The van der Waals surface area contributed by atoms with E-state index in [9.17, 15) is 4.79 Å². The molecule has 2 aromatic carbocycles. The lowest BCUT2D eigenvalue weighted by atomic mass is 9.49. The fraction of sp³-hybridized carbons (Fsp3) is 0.519. The number of hydrogen-bond acceptors (Lipinski definition) is 1. The molecular formula is C27H35NO. The fourth-order valence-corrected chi connectivity index (χ4v) is 6.28. The molecule has 2 aliphatic rings. The Morgan fingerprint density at radius 2 is 1.79 bits per heavy atom. The second-order valence-corrected chi connectivity index (χ2v) is 10.1. The predicted molar refractivity (Wildman–Crippen MR) is 122 cm³/mol. The van der Waals surface area contributed by atoms with E-state index in [1.54, 1.807) is 0 Å². The summed E-state index contributed by atoms with van der Waals surface area (Å²) in [6.45, 7) is 9.21. The zero-order valence-corrected chi connectivity index (χ0v) is 18.7. The van der Waals surface area contributed by atoms with Gasteiger partial charge in [-0.25, -0.2) is 0 Å². The summed E-state index contributed by atoms with van der Waals surface area (Å²) in [5.74, 6) is 1.23. The molecule has 2 aromatic rings. The van der Waals surface area contributed by atoms with Crippen LogP contribution in [0.3, 0.4) is 0 Å². The normalized spacial score (nSPS) is 28.6. The molecular weight excluding hydrogens is 354 g/mol. The molecule has 0 aromatic heterocycles. The first kappa shape index (κ1) is 20.2. The number of benzene rings is 2. The van der Waals surface area contributed by atoms with Crippen LogP contribution in [0.4, 0.5) is 5.69 Å². The third kappa shape index (κ3) is 3.21. The number of rotatable bonds is 3. The molecule has 2 nitrogen and oxygen atoms in total. The topological polar surface area (TPSA) is 20.3 Å². The van der Waals surface area contributed by atoms with Crippen LogP contribution in [0.5, 0.6) is 0 Å². The molecule has 29 heavy (non-hydrogen) atoms. The van der Waals surface area contributed by atoms with E-state index in [0.717, 1.165) is 31.4 Å². The molecule has 154 valence electrons. The summed E-state index contributed by atoms with van der Waals surface area (Å²) in [5, 5.41) is 0.